The fraction of sp³-hybridized carbons (Fsp3) is 0.125. The summed E-state index contributed by atoms with van der Waals surface area (Å²) in [6.45, 7) is -0.245. The predicted octanol–water partition coefficient (Wildman–Crippen LogP) is 1.35. The van der Waals surface area contributed by atoms with Crippen molar-refractivity contribution in [1.29, 1.82) is 0 Å². The number of carbonyl (C=O) groups excluding carboxylic acids is 1. The number of carbonyl (C=O) groups is 2. The molecule has 12 heteroatoms. The van der Waals surface area contributed by atoms with Crippen molar-refractivity contribution in [3.8, 4) is 5.75 Å². The zero-order chi connectivity index (χ0) is 20.9. The number of benzene rings is 2. The minimum absolute atomic E-state index is 0.112. The SMILES string of the molecule is NS(=O)(=O)c1ccc(NC(=O)CCOc2cc(C(=O)O)ccc2[N+](=O)[O-])cc1. The van der Waals surface area contributed by atoms with Crippen LogP contribution in [-0.2, 0) is 14.8 Å². The molecule has 0 atom stereocenters. The van der Waals surface area contributed by atoms with Crippen LogP contribution < -0.4 is 15.2 Å². The molecule has 2 rings (SSSR count). The summed E-state index contributed by atoms with van der Waals surface area (Å²) < 4.78 is 27.5. The number of ether oxygens (including phenoxy) is 1. The fourth-order valence-corrected chi connectivity index (χ4v) is 2.63. The Hall–Kier alpha value is -3.51. The van der Waals surface area contributed by atoms with Gasteiger partial charge in [-0.05, 0) is 30.3 Å². The first-order valence-electron chi connectivity index (χ1n) is 7.65. The quantitative estimate of drug-likeness (QED) is 0.431. The van der Waals surface area contributed by atoms with Crippen LogP contribution in [0.5, 0.6) is 5.75 Å². The number of hydrogen-bond acceptors (Lipinski definition) is 7. The highest BCUT2D eigenvalue weighted by atomic mass is 32.2. The van der Waals surface area contributed by atoms with E-state index in [1.165, 1.54) is 24.3 Å². The lowest BCUT2D eigenvalue weighted by molar-refractivity contribution is -0.385. The van der Waals surface area contributed by atoms with Gasteiger partial charge in [-0.2, -0.15) is 0 Å². The monoisotopic (exact) mass is 409 g/mol. The van der Waals surface area contributed by atoms with Gasteiger partial charge in [0.15, 0.2) is 5.75 Å². The number of primary sulfonamides is 1. The zero-order valence-electron chi connectivity index (χ0n) is 14.2. The van der Waals surface area contributed by atoms with Crippen molar-refractivity contribution in [3.05, 3.63) is 58.1 Å². The number of rotatable bonds is 8. The number of amides is 1. The van der Waals surface area contributed by atoms with Crippen LogP contribution >= 0.6 is 0 Å². The Balaban J connectivity index is 1.97. The number of nitrogens with zero attached hydrogens (tertiary/aromatic N) is 1. The molecule has 4 N–H and O–H groups in total. The average Bonchev–Trinajstić information content (AvgIpc) is 2.61. The lowest BCUT2D eigenvalue weighted by Crippen LogP contribution is -2.16. The molecule has 0 spiro atoms. The maximum Gasteiger partial charge on any atom is 0.335 e. The van der Waals surface area contributed by atoms with Crippen LogP contribution in [0, 0.1) is 10.1 Å². The van der Waals surface area contributed by atoms with Crippen LogP contribution in [0.25, 0.3) is 0 Å². The molecule has 2 aromatic rings. The summed E-state index contributed by atoms with van der Waals surface area (Å²) in [6.07, 6.45) is -0.189. The molecule has 0 saturated carbocycles. The molecule has 0 heterocycles. The van der Waals surface area contributed by atoms with Crippen molar-refractivity contribution in [1.82, 2.24) is 0 Å². The predicted molar refractivity (Wildman–Crippen MR) is 96.6 cm³/mol. The first kappa shape index (κ1) is 20.8. The van der Waals surface area contributed by atoms with Crippen LogP contribution in [0.1, 0.15) is 16.8 Å². The highest BCUT2D eigenvalue weighted by molar-refractivity contribution is 7.89. The first-order chi connectivity index (χ1) is 13.1. The Morgan fingerprint density at radius 3 is 2.36 bits per heavy atom. The zero-order valence-corrected chi connectivity index (χ0v) is 15.0. The summed E-state index contributed by atoms with van der Waals surface area (Å²) in [6, 6.07) is 8.23. The van der Waals surface area contributed by atoms with Gasteiger partial charge in [0.25, 0.3) is 0 Å². The van der Waals surface area contributed by atoms with Crippen LogP contribution in [0.2, 0.25) is 0 Å². The molecule has 148 valence electrons. The van der Waals surface area contributed by atoms with Crippen molar-refractivity contribution in [2.45, 2.75) is 11.3 Å². The van der Waals surface area contributed by atoms with Crippen molar-refractivity contribution in [2.75, 3.05) is 11.9 Å². The van der Waals surface area contributed by atoms with Crippen molar-refractivity contribution >= 4 is 33.3 Å². The number of nitro benzene ring substituents is 1. The van der Waals surface area contributed by atoms with Gasteiger partial charge in [-0.15, -0.1) is 0 Å². The standard InChI is InChI=1S/C16H15N3O8S/c17-28(25,26)12-4-2-11(3-5-12)18-15(20)7-8-27-14-9-10(16(21)22)1-6-13(14)19(23)24/h1-6,9H,7-8H2,(H,18,20)(H,21,22)(H2,17,25,26). The topological polar surface area (TPSA) is 179 Å². The van der Waals surface area contributed by atoms with E-state index in [0.29, 0.717) is 5.69 Å². The molecule has 0 aliphatic carbocycles. The van der Waals surface area contributed by atoms with Gasteiger partial charge in [0.2, 0.25) is 15.9 Å². The van der Waals surface area contributed by atoms with Crippen molar-refractivity contribution in [3.63, 3.8) is 0 Å². The maximum atomic E-state index is 11.9. The molecule has 0 radical (unpaired) electrons. The minimum Gasteiger partial charge on any atom is -0.486 e. The molecule has 0 bridgehead atoms. The molecule has 0 aromatic heterocycles. The molecule has 0 fully saturated rings. The van der Waals surface area contributed by atoms with E-state index in [1.807, 2.05) is 0 Å². The van der Waals surface area contributed by atoms with Gasteiger partial charge in [-0.25, -0.2) is 18.4 Å². The number of anilines is 1. The number of carboxylic acid groups (broad SMARTS) is 1. The Bertz CT molecular complexity index is 1020. The van der Waals surface area contributed by atoms with Gasteiger partial charge in [0.05, 0.1) is 28.4 Å². The summed E-state index contributed by atoms with van der Waals surface area (Å²) >= 11 is 0. The second kappa shape index (κ2) is 8.45. The highest BCUT2D eigenvalue weighted by Gasteiger charge is 2.18. The Morgan fingerprint density at radius 1 is 1.18 bits per heavy atom. The number of nitrogens with two attached hydrogens (primary N) is 1. The summed E-state index contributed by atoms with van der Waals surface area (Å²) in [5.41, 5.74) is -0.305. The number of sulfonamides is 1. The average molecular weight is 409 g/mol. The molecule has 0 aliphatic rings. The Morgan fingerprint density at radius 2 is 1.82 bits per heavy atom. The van der Waals surface area contributed by atoms with E-state index in [9.17, 15) is 28.1 Å². The van der Waals surface area contributed by atoms with Gasteiger partial charge < -0.3 is 15.2 Å². The molecule has 0 unspecified atom stereocenters. The van der Waals surface area contributed by atoms with Gasteiger partial charge >= 0.3 is 11.7 Å². The van der Waals surface area contributed by atoms with E-state index in [4.69, 9.17) is 15.0 Å². The van der Waals surface area contributed by atoms with Gasteiger partial charge in [-0.1, -0.05) is 0 Å². The molecule has 0 saturated heterocycles. The van der Waals surface area contributed by atoms with Crippen LogP contribution in [-0.4, -0.2) is 36.9 Å². The van der Waals surface area contributed by atoms with Crippen molar-refractivity contribution in [2.24, 2.45) is 5.14 Å². The van der Waals surface area contributed by atoms with Crippen LogP contribution in [0.3, 0.4) is 0 Å². The van der Waals surface area contributed by atoms with Gasteiger partial charge in [0.1, 0.15) is 0 Å². The lowest BCUT2D eigenvalue weighted by atomic mass is 10.2. The summed E-state index contributed by atoms with van der Waals surface area (Å²) in [5, 5.41) is 27.4. The molecule has 1 amide bonds. The molecule has 28 heavy (non-hydrogen) atoms. The number of nitrogens with one attached hydrogen (secondary N) is 1. The maximum absolute atomic E-state index is 11.9. The Labute approximate surface area is 158 Å². The highest BCUT2D eigenvalue weighted by Crippen LogP contribution is 2.28. The fourth-order valence-electron chi connectivity index (χ4n) is 2.12. The third-order valence-electron chi connectivity index (χ3n) is 3.46. The second-order valence-corrected chi connectivity index (χ2v) is 7.02. The minimum atomic E-state index is -3.84. The molecular weight excluding hydrogens is 394 g/mol. The summed E-state index contributed by atoms with van der Waals surface area (Å²) in [7, 11) is -3.84. The molecule has 11 nitrogen and oxygen atoms in total. The third kappa shape index (κ3) is 5.49. The van der Waals surface area contributed by atoms with E-state index >= 15 is 0 Å². The molecule has 2 aromatic carbocycles. The summed E-state index contributed by atoms with van der Waals surface area (Å²) in [4.78, 5) is 33.0. The lowest BCUT2D eigenvalue weighted by Gasteiger charge is -2.09. The largest absolute Gasteiger partial charge is 0.486 e. The number of aromatic carboxylic acids is 1. The van der Waals surface area contributed by atoms with Crippen molar-refractivity contribution < 1.29 is 32.8 Å². The van der Waals surface area contributed by atoms with E-state index in [1.54, 1.807) is 0 Å². The number of carboxylic acids is 1. The normalized spacial score (nSPS) is 10.9. The Kier molecular flexibility index (Phi) is 6.28. The van der Waals surface area contributed by atoms with E-state index in [0.717, 1.165) is 18.2 Å². The van der Waals surface area contributed by atoms with Gasteiger partial charge in [-0.3, -0.25) is 14.9 Å². The second-order valence-electron chi connectivity index (χ2n) is 5.46. The van der Waals surface area contributed by atoms with Crippen LogP contribution in [0.4, 0.5) is 11.4 Å². The summed E-state index contributed by atoms with van der Waals surface area (Å²) in [5.74, 6) is -2.05. The van der Waals surface area contributed by atoms with E-state index in [-0.39, 0.29) is 29.2 Å². The van der Waals surface area contributed by atoms with E-state index in [2.05, 4.69) is 5.32 Å². The number of nitro groups is 1. The molecule has 0 aliphatic heterocycles. The number of hydrogen-bond donors (Lipinski definition) is 3. The smallest absolute Gasteiger partial charge is 0.335 e. The van der Waals surface area contributed by atoms with E-state index < -0.39 is 32.5 Å². The van der Waals surface area contributed by atoms with Crippen LogP contribution in [0.15, 0.2) is 47.4 Å². The first-order valence-corrected chi connectivity index (χ1v) is 9.20. The molecular formula is C16H15N3O8S. The third-order valence-corrected chi connectivity index (χ3v) is 4.39. The van der Waals surface area contributed by atoms with Gasteiger partial charge in [0, 0.05) is 17.8 Å².